The number of ether oxygens (including phenoxy) is 1. The number of aromatic nitrogens is 2. The van der Waals surface area contributed by atoms with E-state index in [9.17, 15) is 4.79 Å². The standard InChI is InChI=1S/C21H21ClN4O2/c1-28-17-8-4-15(5-9-17)18-12-19-21(27)24-13-20(26(19)25-18)23-11-10-14-2-6-16(22)7-3-14/h2-9,12,20,23H,10-11,13H2,1H3,(H,24,27)/t20-/m1/s1. The molecule has 144 valence electrons. The second kappa shape index (κ2) is 8.04. The van der Waals surface area contributed by atoms with E-state index in [-0.39, 0.29) is 12.1 Å². The fourth-order valence-corrected chi connectivity index (χ4v) is 3.39. The maximum absolute atomic E-state index is 12.3. The highest BCUT2D eigenvalue weighted by Gasteiger charge is 2.27. The molecule has 4 rings (SSSR count). The lowest BCUT2D eigenvalue weighted by Gasteiger charge is -2.25. The molecule has 3 aromatic rings. The summed E-state index contributed by atoms with van der Waals surface area (Å²) in [6.07, 6.45) is 0.774. The van der Waals surface area contributed by atoms with Crippen molar-refractivity contribution in [1.29, 1.82) is 0 Å². The SMILES string of the molecule is COc1ccc(-c2cc3n(n2)[C@@H](NCCc2ccc(Cl)cc2)CNC3=O)cc1. The predicted molar refractivity (Wildman–Crippen MR) is 109 cm³/mol. The number of carbonyl (C=O) groups excluding carboxylic acids is 1. The molecule has 1 aliphatic rings. The molecule has 0 saturated carbocycles. The summed E-state index contributed by atoms with van der Waals surface area (Å²) in [7, 11) is 1.63. The Labute approximate surface area is 168 Å². The molecule has 0 bridgehead atoms. The van der Waals surface area contributed by atoms with E-state index in [1.807, 2.05) is 54.6 Å². The summed E-state index contributed by atoms with van der Waals surface area (Å²) >= 11 is 5.93. The van der Waals surface area contributed by atoms with Gasteiger partial charge in [-0.15, -0.1) is 0 Å². The molecule has 0 aliphatic carbocycles. The second-order valence-electron chi connectivity index (χ2n) is 6.64. The Bertz CT molecular complexity index is 967. The van der Waals surface area contributed by atoms with E-state index < -0.39 is 0 Å². The van der Waals surface area contributed by atoms with Gasteiger partial charge >= 0.3 is 0 Å². The van der Waals surface area contributed by atoms with E-state index in [1.165, 1.54) is 5.56 Å². The van der Waals surface area contributed by atoms with Crippen LogP contribution in [0.1, 0.15) is 22.2 Å². The van der Waals surface area contributed by atoms with Gasteiger partial charge in [-0.05, 0) is 54.4 Å². The quantitative estimate of drug-likeness (QED) is 0.671. The third-order valence-electron chi connectivity index (χ3n) is 4.81. The fourth-order valence-electron chi connectivity index (χ4n) is 3.26. The third kappa shape index (κ3) is 3.88. The van der Waals surface area contributed by atoms with Crippen molar-refractivity contribution in [1.82, 2.24) is 20.4 Å². The maximum Gasteiger partial charge on any atom is 0.269 e. The minimum atomic E-state index is -0.108. The van der Waals surface area contributed by atoms with Gasteiger partial charge in [-0.25, -0.2) is 4.68 Å². The predicted octanol–water partition coefficient (Wildman–Crippen LogP) is 3.29. The number of hydrogen-bond donors (Lipinski definition) is 2. The zero-order valence-corrected chi connectivity index (χ0v) is 16.2. The van der Waals surface area contributed by atoms with Crippen molar-refractivity contribution in [3.8, 4) is 17.0 Å². The molecule has 0 fully saturated rings. The highest BCUT2D eigenvalue weighted by molar-refractivity contribution is 6.30. The lowest BCUT2D eigenvalue weighted by atomic mass is 10.1. The number of rotatable bonds is 6. The average Bonchev–Trinajstić information content (AvgIpc) is 3.18. The van der Waals surface area contributed by atoms with Crippen LogP contribution in [0.3, 0.4) is 0 Å². The van der Waals surface area contributed by atoms with Crippen LogP contribution in [0.4, 0.5) is 0 Å². The van der Waals surface area contributed by atoms with Crippen LogP contribution in [0.2, 0.25) is 5.02 Å². The van der Waals surface area contributed by atoms with Gasteiger partial charge in [0.1, 0.15) is 17.6 Å². The topological polar surface area (TPSA) is 68.2 Å². The van der Waals surface area contributed by atoms with Crippen LogP contribution in [-0.2, 0) is 6.42 Å². The van der Waals surface area contributed by atoms with Gasteiger partial charge in [-0.3, -0.25) is 10.1 Å². The van der Waals surface area contributed by atoms with Crippen molar-refractivity contribution in [3.05, 3.63) is 70.9 Å². The lowest BCUT2D eigenvalue weighted by Crippen LogP contribution is -2.45. The monoisotopic (exact) mass is 396 g/mol. The maximum atomic E-state index is 12.3. The first-order valence-electron chi connectivity index (χ1n) is 9.14. The number of nitrogens with zero attached hydrogens (tertiary/aromatic N) is 2. The molecule has 28 heavy (non-hydrogen) atoms. The smallest absolute Gasteiger partial charge is 0.269 e. The summed E-state index contributed by atoms with van der Waals surface area (Å²) in [6.45, 7) is 1.26. The van der Waals surface area contributed by atoms with Gasteiger partial charge in [0, 0.05) is 17.1 Å². The summed E-state index contributed by atoms with van der Waals surface area (Å²) in [5, 5.41) is 11.8. The van der Waals surface area contributed by atoms with Crippen molar-refractivity contribution in [3.63, 3.8) is 0 Å². The first-order valence-corrected chi connectivity index (χ1v) is 9.52. The Hall–Kier alpha value is -2.83. The Morgan fingerprint density at radius 1 is 1.21 bits per heavy atom. The molecule has 2 N–H and O–H groups in total. The van der Waals surface area contributed by atoms with Crippen LogP contribution in [-0.4, -0.2) is 35.9 Å². The molecular weight excluding hydrogens is 376 g/mol. The fraction of sp³-hybridized carbons (Fsp3) is 0.238. The highest BCUT2D eigenvalue weighted by atomic mass is 35.5. The first kappa shape index (κ1) is 18.5. The number of benzene rings is 2. The van der Waals surface area contributed by atoms with Crippen molar-refractivity contribution < 1.29 is 9.53 Å². The van der Waals surface area contributed by atoms with Crippen LogP contribution in [0.5, 0.6) is 5.75 Å². The van der Waals surface area contributed by atoms with Crippen LogP contribution >= 0.6 is 11.6 Å². The van der Waals surface area contributed by atoms with Gasteiger partial charge in [0.2, 0.25) is 0 Å². The number of amides is 1. The Morgan fingerprint density at radius 2 is 1.96 bits per heavy atom. The van der Waals surface area contributed by atoms with Crippen molar-refractivity contribution in [2.24, 2.45) is 0 Å². The summed E-state index contributed by atoms with van der Waals surface area (Å²) in [6, 6.07) is 17.3. The van der Waals surface area contributed by atoms with E-state index in [2.05, 4.69) is 15.7 Å². The molecule has 0 saturated heterocycles. The molecule has 0 radical (unpaired) electrons. The van der Waals surface area contributed by atoms with E-state index in [1.54, 1.807) is 11.8 Å². The molecule has 0 spiro atoms. The van der Waals surface area contributed by atoms with Crippen molar-refractivity contribution >= 4 is 17.5 Å². The van der Waals surface area contributed by atoms with Gasteiger partial charge in [0.15, 0.2) is 0 Å². The highest BCUT2D eigenvalue weighted by Crippen LogP contribution is 2.24. The van der Waals surface area contributed by atoms with E-state index >= 15 is 0 Å². The molecule has 2 aromatic carbocycles. The molecule has 1 aliphatic heterocycles. The Balaban J connectivity index is 1.49. The number of carbonyl (C=O) groups is 1. The van der Waals surface area contributed by atoms with Crippen molar-refractivity contribution in [2.45, 2.75) is 12.6 Å². The summed E-state index contributed by atoms with van der Waals surface area (Å²) in [4.78, 5) is 12.3. The second-order valence-corrected chi connectivity index (χ2v) is 7.08. The summed E-state index contributed by atoms with van der Waals surface area (Å²) in [5.74, 6) is 0.676. The third-order valence-corrected chi connectivity index (χ3v) is 5.06. The zero-order valence-electron chi connectivity index (χ0n) is 15.5. The van der Waals surface area contributed by atoms with Gasteiger partial charge in [0.05, 0.1) is 19.3 Å². The average molecular weight is 397 g/mol. The summed E-state index contributed by atoms with van der Waals surface area (Å²) < 4.78 is 6.98. The number of fused-ring (bicyclic) bond motifs is 1. The van der Waals surface area contributed by atoms with E-state index in [0.29, 0.717) is 12.2 Å². The Morgan fingerprint density at radius 3 is 2.68 bits per heavy atom. The van der Waals surface area contributed by atoms with Crippen LogP contribution in [0.15, 0.2) is 54.6 Å². The molecule has 2 heterocycles. The number of nitrogens with one attached hydrogen (secondary N) is 2. The van der Waals surface area contributed by atoms with Crippen molar-refractivity contribution in [2.75, 3.05) is 20.2 Å². The number of methoxy groups -OCH3 is 1. The molecule has 6 nitrogen and oxygen atoms in total. The number of halogens is 1. The van der Waals surface area contributed by atoms with Gasteiger partial charge in [-0.2, -0.15) is 5.10 Å². The van der Waals surface area contributed by atoms with E-state index in [4.69, 9.17) is 16.3 Å². The number of hydrogen-bond acceptors (Lipinski definition) is 4. The molecule has 7 heteroatoms. The van der Waals surface area contributed by atoms with Gasteiger partial charge in [0.25, 0.3) is 5.91 Å². The normalized spacial score (nSPS) is 15.8. The summed E-state index contributed by atoms with van der Waals surface area (Å²) in [5.41, 5.74) is 3.46. The molecule has 1 atom stereocenters. The van der Waals surface area contributed by atoms with Crippen LogP contribution in [0, 0.1) is 0 Å². The van der Waals surface area contributed by atoms with Crippen LogP contribution < -0.4 is 15.4 Å². The molecule has 0 unspecified atom stereocenters. The minimum absolute atomic E-state index is 0.0907. The van der Waals surface area contributed by atoms with Gasteiger partial charge < -0.3 is 10.1 Å². The van der Waals surface area contributed by atoms with E-state index in [0.717, 1.165) is 35.0 Å². The molecule has 1 amide bonds. The zero-order chi connectivity index (χ0) is 19.5. The minimum Gasteiger partial charge on any atom is -0.497 e. The Kier molecular flexibility index (Phi) is 5.32. The lowest BCUT2D eigenvalue weighted by molar-refractivity contribution is 0.0901. The van der Waals surface area contributed by atoms with Gasteiger partial charge in [-0.1, -0.05) is 23.7 Å². The first-order chi connectivity index (χ1) is 13.6. The molecule has 1 aromatic heterocycles. The van der Waals surface area contributed by atoms with Crippen LogP contribution in [0.25, 0.3) is 11.3 Å². The largest absolute Gasteiger partial charge is 0.497 e. The molecular formula is C21H21ClN4O2.